The van der Waals surface area contributed by atoms with Gasteiger partial charge < -0.3 is 14.8 Å². The fourth-order valence-corrected chi connectivity index (χ4v) is 3.61. The second-order valence-electron chi connectivity index (χ2n) is 6.40. The van der Waals surface area contributed by atoms with Crippen LogP contribution in [0.4, 0.5) is 0 Å². The van der Waals surface area contributed by atoms with Crippen LogP contribution < -0.4 is 10.1 Å². The molecule has 5 nitrogen and oxygen atoms in total. The first-order valence-corrected chi connectivity index (χ1v) is 8.44. The number of carbonyl (C=O) groups excluding carboxylic acids is 2. The molecule has 0 bridgehead atoms. The van der Waals surface area contributed by atoms with Crippen molar-refractivity contribution in [2.45, 2.75) is 51.0 Å². The van der Waals surface area contributed by atoms with Gasteiger partial charge in [0.25, 0.3) is 0 Å². The van der Waals surface area contributed by atoms with Crippen molar-refractivity contribution in [3.63, 3.8) is 0 Å². The molecule has 0 unspecified atom stereocenters. The highest BCUT2D eigenvalue weighted by Crippen LogP contribution is 2.38. The lowest BCUT2D eigenvalue weighted by Crippen LogP contribution is -2.35. The van der Waals surface area contributed by atoms with Crippen LogP contribution >= 0.6 is 0 Å². The van der Waals surface area contributed by atoms with Crippen LogP contribution in [0.5, 0.6) is 5.75 Å². The van der Waals surface area contributed by atoms with Gasteiger partial charge in [0.05, 0.1) is 12.7 Å². The van der Waals surface area contributed by atoms with E-state index in [9.17, 15) is 9.59 Å². The van der Waals surface area contributed by atoms with E-state index in [1.54, 1.807) is 14.0 Å². The summed E-state index contributed by atoms with van der Waals surface area (Å²) in [6.45, 7) is 1.75. The minimum atomic E-state index is -0.344. The number of benzene rings is 1. The zero-order valence-electron chi connectivity index (χ0n) is 14.1. The molecule has 128 valence electrons. The van der Waals surface area contributed by atoms with Crippen LogP contribution in [0.3, 0.4) is 0 Å². The van der Waals surface area contributed by atoms with Crippen molar-refractivity contribution >= 4 is 11.9 Å². The monoisotopic (exact) mass is 329 g/mol. The highest BCUT2D eigenvalue weighted by Gasteiger charge is 2.35. The van der Waals surface area contributed by atoms with Crippen molar-refractivity contribution < 1.29 is 19.1 Å². The smallest absolute Gasteiger partial charge is 0.336 e. The molecule has 1 fully saturated rings. The predicted octanol–water partition coefficient (Wildman–Crippen LogP) is 3.06. The molecule has 1 aliphatic carbocycles. The molecule has 1 heterocycles. The number of allylic oxidation sites excluding steroid dienone is 1. The van der Waals surface area contributed by atoms with Gasteiger partial charge in [-0.25, -0.2) is 4.79 Å². The van der Waals surface area contributed by atoms with E-state index in [2.05, 4.69) is 5.32 Å². The molecule has 1 aliphatic heterocycles. The number of nitrogens with one attached hydrogen (secondary N) is 1. The normalized spacial score (nSPS) is 21.6. The molecule has 0 spiro atoms. The van der Waals surface area contributed by atoms with Crippen LogP contribution in [0.25, 0.3) is 0 Å². The summed E-state index contributed by atoms with van der Waals surface area (Å²) in [7, 11) is 1.59. The summed E-state index contributed by atoms with van der Waals surface area (Å²) in [4.78, 5) is 24.8. The summed E-state index contributed by atoms with van der Waals surface area (Å²) in [5, 5.41) is 2.77. The van der Waals surface area contributed by atoms with E-state index in [0.717, 1.165) is 31.2 Å². The maximum Gasteiger partial charge on any atom is 0.336 e. The zero-order chi connectivity index (χ0) is 17.1. The minimum absolute atomic E-state index is 0.00579. The van der Waals surface area contributed by atoms with Crippen LogP contribution in [0.15, 0.2) is 35.5 Å². The van der Waals surface area contributed by atoms with E-state index in [-0.39, 0.29) is 30.3 Å². The van der Waals surface area contributed by atoms with Crippen molar-refractivity contribution in [3.05, 3.63) is 41.1 Å². The molecule has 1 amide bonds. The number of rotatable bonds is 4. The van der Waals surface area contributed by atoms with Gasteiger partial charge in [0, 0.05) is 23.6 Å². The quantitative estimate of drug-likeness (QED) is 0.862. The number of ether oxygens (including phenoxy) is 2. The summed E-state index contributed by atoms with van der Waals surface area (Å²) in [6, 6.07) is 7.51. The van der Waals surface area contributed by atoms with Crippen molar-refractivity contribution in [2.75, 3.05) is 7.11 Å². The van der Waals surface area contributed by atoms with Gasteiger partial charge >= 0.3 is 5.97 Å². The van der Waals surface area contributed by atoms with Crippen molar-refractivity contribution in [1.29, 1.82) is 0 Å². The van der Waals surface area contributed by atoms with Gasteiger partial charge in [0.2, 0.25) is 5.91 Å². The molecule has 1 N–H and O–H groups in total. The molecule has 24 heavy (non-hydrogen) atoms. The average molecular weight is 329 g/mol. The van der Waals surface area contributed by atoms with E-state index in [4.69, 9.17) is 9.47 Å². The first-order valence-electron chi connectivity index (χ1n) is 8.44. The Morgan fingerprint density at radius 3 is 2.62 bits per heavy atom. The second kappa shape index (κ2) is 7.07. The highest BCUT2D eigenvalue weighted by molar-refractivity contribution is 5.96. The highest BCUT2D eigenvalue weighted by atomic mass is 16.5. The first-order chi connectivity index (χ1) is 11.6. The van der Waals surface area contributed by atoms with Gasteiger partial charge in [0.15, 0.2) is 0 Å². The maximum atomic E-state index is 12.8. The van der Waals surface area contributed by atoms with E-state index in [0.29, 0.717) is 17.0 Å². The molecule has 5 heteroatoms. The van der Waals surface area contributed by atoms with E-state index in [1.165, 1.54) is 0 Å². The number of carbonyl (C=O) groups is 2. The Hall–Kier alpha value is -2.30. The molecular weight excluding hydrogens is 306 g/mol. The molecule has 0 saturated heterocycles. The lowest BCUT2D eigenvalue weighted by Gasteiger charge is -2.28. The topological polar surface area (TPSA) is 64.6 Å². The first kappa shape index (κ1) is 16.6. The van der Waals surface area contributed by atoms with Crippen molar-refractivity contribution in [1.82, 2.24) is 5.32 Å². The average Bonchev–Trinajstić information content (AvgIpc) is 3.06. The van der Waals surface area contributed by atoms with Crippen LogP contribution in [0.1, 0.15) is 50.5 Å². The van der Waals surface area contributed by atoms with Crippen LogP contribution in [0, 0.1) is 0 Å². The summed E-state index contributed by atoms with van der Waals surface area (Å²) >= 11 is 0. The summed E-state index contributed by atoms with van der Waals surface area (Å²) in [5.74, 6) is -0.0869. The van der Waals surface area contributed by atoms with Gasteiger partial charge in [-0.2, -0.15) is 0 Å². The van der Waals surface area contributed by atoms with Crippen LogP contribution in [-0.2, 0) is 14.3 Å². The number of hydrogen-bond acceptors (Lipinski definition) is 4. The predicted molar refractivity (Wildman–Crippen MR) is 89.5 cm³/mol. The van der Waals surface area contributed by atoms with Gasteiger partial charge in [0.1, 0.15) is 11.9 Å². The lowest BCUT2D eigenvalue weighted by molar-refractivity contribution is -0.144. The third-order valence-electron chi connectivity index (χ3n) is 4.78. The Morgan fingerprint density at radius 2 is 1.92 bits per heavy atom. The molecule has 1 atom stereocenters. The van der Waals surface area contributed by atoms with Crippen molar-refractivity contribution in [2.24, 2.45) is 0 Å². The summed E-state index contributed by atoms with van der Waals surface area (Å²) in [6.07, 6.45) is 4.25. The van der Waals surface area contributed by atoms with Crippen molar-refractivity contribution in [3.8, 4) is 5.75 Å². The van der Waals surface area contributed by atoms with Gasteiger partial charge in [-0.15, -0.1) is 0 Å². The number of hydrogen-bond donors (Lipinski definition) is 1. The third kappa shape index (κ3) is 3.30. The Labute approximate surface area is 142 Å². The largest absolute Gasteiger partial charge is 0.496 e. The molecule has 0 radical (unpaired) electrons. The Morgan fingerprint density at radius 1 is 1.21 bits per heavy atom. The molecular formula is C19H23NO4. The SMILES string of the molecule is COc1ccccc1[C@H]1CC(=O)NC(C)=C1C(=O)OC1CCCC1. The lowest BCUT2D eigenvalue weighted by atomic mass is 9.84. The number of amides is 1. The Balaban J connectivity index is 1.94. The van der Waals surface area contributed by atoms with Gasteiger partial charge in [-0.05, 0) is 38.7 Å². The van der Waals surface area contributed by atoms with Crippen LogP contribution in [0.2, 0.25) is 0 Å². The third-order valence-corrected chi connectivity index (χ3v) is 4.78. The molecule has 1 aromatic rings. The van der Waals surface area contributed by atoms with Gasteiger partial charge in [-0.1, -0.05) is 18.2 Å². The van der Waals surface area contributed by atoms with E-state index < -0.39 is 0 Å². The Bertz CT molecular complexity index is 674. The second-order valence-corrected chi connectivity index (χ2v) is 6.40. The molecule has 1 saturated carbocycles. The summed E-state index contributed by atoms with van der Waals surface area (Å²) < 4.78 is 11.1. The zero-order valence-corrected chi connectivity index (χ0v) is 14.1. The number of para-hydroxylation sites is 1. The van der Waals surface area contributed by atoms with Gasteiger partial charge in [-0.3, -0.25) is 4.79 Å². The standard InChI is InChI=1S/C19H23NO4/c1-12-18(19(22)24-13-7-3-4-8-13)15(11-17(21)20-12)14-9-5-6-10-16(14)23-2/h5-6,9-10,13,15H,3-4,7-8,11H2,1-2H3,(H,20,21)/t15-/m1/s1. The van der Waals surface area contributed by atoms with E-state index >= 15 is 0 Å². The van der Waals surface area contributed by atoms with Crippen LogP contribution in [-0.4, -0.2) is 25.1 Å². The Kier molecular flexibility index (Phi) is 4.88. The fraction of sp³-hybridized carbons (Fsp3) is 0.474. The molecule has 2 aliphatic rings. The summed E-state index contributed by atoms with van der Waals surface area (Å²) in [5.41, 5.74) is 1.95. The maximum absolute atomic E-state index is 12.8. The fourth-order valence-electron chi connectivity index (χ4n) is 3.61. The molecule has 1 aromatic carbocycles. The number of methoxy groups -OCH3 is 1. The molecule has 3 rings (SSSR count). The van der Waals surface area contributed by atoms with E-state index in [1.807, 2.05) is 24.3 Å². The minimum Gasteiger partial charge on any atom is -0.496 e. The molecule has 0 aromatic heterocycles. The number of esters is 1.